The van der Waals surface area contributed by atoms with Crippen LogP contribution in [0.5, 0.6) is 0 Å². The minimum atomic E-state index is -1.07. The molecule has 3 aliphatic carbocycles. The number of allylic oxidation sites excluding steroid dienone is 2. The fraction of sp³-hybridized carbons (Fsp3) is 0.684. The van der Waals surface area contributed by atoms with Gasteiger partial charge in [0.25, 0.3) is 0 Å². The first kappa shape index (κ1) is 17.5. The van der Waals surface area contributed by atoms with Crippen LogP contribution in [0.15, 0.2) is 23.4 Å². The zero-order valence-electron chi connectivity index (χ0n) is 15.6. The van der Waals surface area contributed by atoms with Gasteiger partial charge in [-0.15, -0.1) is 0 Å². The maximum Gasteiger partial charge on any atom is 0.201 e. The number of rotatable bonds is 3. The first-order valence-electron chi connectivity index (χ1n) is 8.91. The van der Waals surface area contributed by atoms with Gasteiger partial charge in [0.15, 0.2) is 11.5 Å². The van der Waals surface area contributed by atoms with Gasteiger partial charge in [-0.25, -0.2) is 0 Å². The number of Topliss-reactive ketones (excluding diaryl/α,β-unsaturated/α-hetero) is 1. The molecule has 1 N–H and O–H groups in total. The molecule has 1 aliphatic heterocycles. The van der Waals surface area contributed by atoms with E-state index in [1.165, 1.54) is 27.4 Å². The first-order chi connectivity index (χ1) is 12.4. The van der Waals surface area contributed by atoms with E-state index in [0.29, 0.717) is 31.6 Å². The molecule has 142 valence electrons. The summed E-state index contributed by atoms with van der Waals surface area (Å²) in [6, 6.07) is 0. The van der Waals surface area contributed by atoms with Crippen molar-refractivity contribution in [3.8, 4) is 0 Å². The molecule has 4 atom stereocenters. The van der Waals surface area contributed by atoms with Crippen molar-refractivity contribution in [2.45, 2.75) is 37.3 Å². The molecule has 1 saturated heterocycles. The zero-order chi connectivity index (χ0) is 18.9. The van der Waals surface area contributed by atoms with Crippen molar-refractivity contribution in [1.29, 1.82) is 0 Å². The molecule has 1 saturated carbocycles. The Morgan fingerprint density at radius 1 is 1.12 bits per heavy atom. The Bertz CT molecular complexity index is 757. The number of aliphatic hydroxyl groups is 1. The Hall–Kier alpha value is -1.86. The average Bonchev–Trinajstić information content (AvgIpc) is 3.18. The van der Waals surface area contributed by atoms with E-state index in [2.05, 4.69) is 4.90 Å². The predicted octanol–water partition coefficient (Wildman–Crippen LogP) is 0.778. The van der Waals surface area contributed by atoms with Crippen LogP contribution in [0.4, 0.5) is 0 Å². The van der Waals surface area contributed by atoms with E-state index in [1.807, 2.05) is 7.05 Å². The number of likely N-dealkylation sites (N-methyl/N-ethyl adjacent to an activating group) is 1. The molecule has 0 bridgehead atoms. The van der Waals surface area contributed by atoms with Crippen LogP contribution in [-0.4, -0.2) is 68.1 Å². The number of carbonyl (C=O) groups is 2. The molecule has 26 heavy (non-hydrogen) atoms. The van der Waals surface area contributed by atoms with Crippen LogP contribution in [0.2, 0.25) is 0 Å². The SMILES string of the molecule is COC1=CC(=O)[C@@]2(CC[C@@]34C(OC)=C(OC)C(=O)C[C@@]23CCN4C)[C@@H]1O. The van der Waals surface area contributed by atoms with Gasteiger partial charge in [0, 0.05) is 17.9 Å². The Balaban J connectivity index is 1.99. The van der Waals surface area contributed by atoms with Crippen molar-refractivity contribution in [2.75, 3.05) is 34.9 Å². The number of likely N-dealkylation sites (tertiary alicyclic amines) is 1. The molecule has 0 unspecified atom stereocenters. The van der Waals surface area contributed by atoms with Gasteiger partial charge < -0.3 is 19.3 Å². The number of ether oxygens (including phenoxy) is 3. The Kier molecular flexibility index (Phi) is 3.60. The minimum Gasteiger partial charge on any atom is -0.498 e. The summed E-state index contributed by atoms with van der Waals surface area (Å²) in [4.78, 5) is 28.3. The van der Waals surface area contributed by atoms with Gasteiger partial charge in [0.2, 0.25) is 11.5 Å². The number of ketones is 2. The highest BCUT2D eigenvalue weighted by Gasteiger charge is 2.80. The number of hydrogen-bond donors (Lipinski definition) is 1. The molecular formula is C19H25NO6. The van der Waals surface area contributed by atoms with Crippen molar-refractivity contribution in [3.63, 3.8) is 0 Å². The summed E-state index contributed by atoms with van der Waals surface area (Å²) in [5.41, 5.74) is -2.46. The molecule has 7 heteroatoms. The molecule has 4 rings (SSSR count). The normalized spacial score (nSPS) is 42.2. The molecule has 0 aromatic heterocycles. The first-order valence-corrected chi connectivity index (χ1v) is 8.91. The Morgan fingerprint density at radius 3 is 2.42 bits per heavy atom. The van der Waals surface area contributed by atoms with E-state index in [4.69, 9.17) is 14.2 Å². The van der Waals surface area contributed by atoms with Crippen LogP contribution in [-0.2, 0) is 23.8 Å². The quantitative estimate of drug-likeness (QED) is 0.793. The highest BCUT2D eigenvalue weighted by Crippen LogP contribution is 2.73. The average molecular weight is 363 g/mol. The van der Waals surface area contributed by atoms with Crippen molar-refractivity contribution >= 4 is 11.6 Å². The van der Waals surface area contributed by atoms with Crippen LogP contribution in [0, 0.1) is 10.8 Å². The van der Waals surface area contributed by atoms with Gasteiger partial charge in [-0.2, -0.15) is 0 Å². The number of carbonyl (C=O) groups excluding carboxylic acids is 2. The van der Waals surface area contributed by atoms with Gasteiger partial charge in [-0.3, -0.25) is 14.5 Å². The van der Waals surface area contributed by atoms with Gasteiger partial charge >= 0.3 is 0 Å². The third-order valence-corrected chi connectivity index (χ3v) is 7.44. The standard InChI is InChI=1S/C19H25NO6/c1-20-8-7-17-10-11(21)14(25-3)16(26-4)19(17,20)6-5-18(17)13(22)9-12(24-2)15(18)23/h9,15,23H,5-8,10H2,1-4H3/t15-,17+,18+,19-/m1/s1. The highest BCUT2D eigenvalue weighted by atomic mass is 16.5. The summed E-state index contributed by atoms with van der Waals surface area (Å²) in [5.74, 6) is 0.668. The second-order valence-corrected chi connectivity index (χ2v) is 7.77. The molecule has 0 aromatic rings. The molecule has 0 radical (unpaired) electrons. The van der Waals surface area contributed by atoms with Crippen molar-refractivity contribution in [3.05, 3.63) is 23.4 Å². The highest BCUT2D eigenvalue weighted by molar-refractivity contribution is 6.03. The van der Waals surface area contributed by atoms with Crippen molar-refractivity contribution in [2.24, 2.45) is 10.8 Å². The van der Waals surface area contributed by atoms with E-state index >= 15 is 0 Å². The zero-order valence-corrected chi connectivity index (χ0v) is 15.6. The van der Waals surface area contributed by atoms with Crippen LogP contribution < -0.4 is 0 Å². The van der Waals surface area contributed by atoms with E-state index in [-0.39, 0.29) is 29.5 Å². The van der Waals surface area contributed by atoms with E-state index in [9.17, 15) is 14.7 Å². The summed E-state index contributed by atoms with van der Waals surface area (Å²) in [6.07, 6.45) is 2.22. The number of methoxy groups -OCH3 is 3. The summed E-state index contributed by atoms with van der Waals surface area (Å²) < 4.78 is 16.4. The van der Waals surface area contributed by atoms with E-state index < -0.39 is 22.5 Å². The van der Waals surface area contributed by atoms with Gasteiger partial charge in [0.05, 0.1) is 32.3 Å². The number of nitrogens with zero attached hydrogens (tertiary/aromatic N) is 1. The van der Waals surface area contributed by atoms with E-state index in [0.717, 1.165) is 0 Å². The Labute approximate surface area is 152 Å². The van der Waals surface area contributed by atoms with Gasteiger partial charge in [-0.05, 0) is 32.9 Å². The molecule has 1 spiro atoms. The summed E-state index contributed by atoms with van der Waals surface area (Å²) in [5, 5.41) is 11.1. The fourth-order valence-corrected chi connectivity index (χ4v) is 6.44. The maximum atomic E-state index is 13.2. The second-order valence-electron chi connectivity index (χ2n) is 7.77. The van der Waals surface area contributed by atoms with Crippen LogP contribution in [0.1, 0.15) is 25.7 Å². The lowest BCUT2D eigenvalue weighted by Gasteiger charge is -2.53. The van der Waals surface area contributed by atoms with Crippen LogP contribution >= 0.6 is 0 Å². The maximum absolute atomic E-state index is 13.2. The van der Waals surface area contributed by atoms with Gasteiger partial charge in [-0.1, -0.05) is 0 Å². The smallest absolute Gasteiger partial charge is 0.201 e. The third-order valence-electron chi connectivity index (χ3n) is 7.44. The molecule has 4 aliphatic rings. The lowest BCUT2D eigenvalue weighted by molar-refractivity contribution is -0.149. The number of aliphatic hydroxyl groups excluding tert-OH is 1. The summed E-state index contributed by atoms with van der Waals surface area (Å²) in [7, 11) is 6.45. The van der Waals surface area contributed by atoms with Crippen LogP contribution in [0.3, 0.4) is 0 Å². The molecule has 1 heterocycles. The third kappa shape index (κ3) is 1.54. The van der Waals surface area contributed by atoms with Crippen molar-refractivity contribution in [1.82, 2.24) is 4.90 Å². The van der Waals surface area contributed by atoms with Crippen LogP contribution in [0.25, 0.3) is 0 Å². The molecule has 0 aromatic carbocycles. The lowest BCUT2D eigenvalue weighted by Crippen LogP contribution is -2.62. The minimum absolute atomic E-state index is 0.150. The predicted molar refractivity (Wildman–Crippen MR) is 90.9 cm³/mol. The molecule has 2 fully saturated rings. The van der Waals surface area contributed by atoms with Gasteiger partial charge in [0.1, 0.15) is 11.9 Å². The fourth-order valence-electron chi connectivity index (χ4n) is 6.44. The van der Waals surface area contributed by atoms with Crippen molar-refractivity contribution < 1.29 is 28.9 Å². The molecular weight excluding hydrogens is 338 g/mol. The Morgan fingerprint density at radius 2 is 1.85 bits per heavy atom. The second kappa shape index (κ2) is 5.33. The largest absolute Gasteiger partial charge is 0.498 e. The molecule has 7 nitrogen and oxygen atoms in total. The van der Waals surface area contributed by atoms with E-state index in [1.54, 1.807) is 0 Å². The lowest BCUT2D eigenvalue weighted by atomic mass is 9.52. The topological polar surface area (TPSA) is 85.3 Å². The summed E-state index contributed by atoms with van der Waals surface area (Å²) in [6.45, 7) is 0.710. The summed E-state index contributed by atoms with van der Waals surface area (Å²) >= 11 is 0. The number of hydrogen-bond acceptors (Lipinski definition) is 7. The monoisotopic (exact) mass is 363 g/mol. The molecule has 0 amide bonds.